The van der Waals surface area contributed by atoms with E-state index < -0.39 is 10.0 Å². The van der Waals surface area contributed by atoms with Gasteiger partial charge in [-0.05, 0) is 24.6 Å². The maximum atomic E-state index is 11.7. The van der Waals surface area contributed by atoms with E-state index in [1.165, 1.54) is 6.34 Å². The number of benzene rings is 1. The summed E-state index contributed by atoms with van der Waals surface area (Å²) in [5.74, 6) is 0. The van der Waals surface area contributed by atoms with Crippen LogP contribution in [0.2, 0.25) is 0 Å². The molecule has 1 aromatic rings. The molecule has 0 amide bonds. The molecular formula is C10H11BrN2O2S. The summed E-state index contributed by atoms with van der Waals surface area (Å²) < 4.78 is 27.8. The predicted molar refractivity (Wildman–Crippen MR) is 67.5 cm³/mol. The largest absolute Gasteiger partial charge is 0.331 e. The second kappa shape index (κ2) is 4.18. The first-order valence-corrected chi connectivity index (χ1v) is 7.14. The van der Waals surface area contributed by atoms with Crippen molar-refractivity contribution in [1.29, 1.82) is 0 Å². The Bertz CT molecular complexity index is 540. The summed E-state index contributed by atoms with van der Waals surface area (Å²) in [5.41, 5.74) is 0.686. The van der Waals surface area contributed by atoms with E-state index >= 15 is 0 Å². The predicted octanol–water partition coefficient (Wildman–Crippen LogP) is 2.40. The van der Waals surface area contributed by atoms with E-state index in [4.69, 9.17) is 0 Å². The third kappa shape index (κ3) is 1.99. The van der Waals surface area contributed by atoms with Crippen LogP contribution in [0.1, 0.15) is 13.3 Å². The molecule has 0 radical (unpaired) electrons. The van der Waals surface area contributed by atoms with Crippen LogP contribution in [0.25, 0.3) is 0 Å². The average Bonchev–Trinajstić information content (AvgIpc) is 2.22. The van der Waals surface area contributed by atoms with Crippen molar-refractivity contribution in [3.63, 3.8) is 0 Å². The van der Waals surface area contributed by atoms with Crippen molar-refractivity contribution in [2.75, 3.05) is 11.4 Å². The summed E-state index contributed by atoms with van der Waals surface area (Å²) in [6.07, 6.45) is 2.31. The van der Waals surface area contributed by atoms with E-state index in [0.29, 0.717) is 5.69 Å². The van der Waals surface area contributed by atoms with Gasteiger partial charge in [0.25, 0.3) is 10.0 Å². The van der Waals surface area contributed by atoms with Crippen molar-refractivity contribution in [2.24, 2.45) is 4.40 Å². The molecule has 0 fully saturated rings. The van der Waals surface area contributed by atoms with Gasteiger partial charge in [0.1, 0.15) is 11.2 Å². The van der Waals surface area contributed by atoms with Crippen molar-refractivity contribution in [3.05, 3.63) is 22.7 Å². The minimum atomic E-state index is -3.50. The van der Waals surface area contributed by atoms with Crippen LogP contribution in [0.5, 0.6) is 0 Å². The maximum absolute atomic E-state index is 11.7. The topological polar surface area (TPSA) is 49.7 Å². The standard InChI is InChI=1S/C10H11BrN2O2S/c1-2-5-13-7-12-16(14,15)10-4-3-8(11)6-9(10)13/h3-4,6-7H,2,5H2,1H3. The normalized spacial score (nSPS) is 17.2. The highest BCUT2D eigenvalue weighted by atomic mass is 79.9. The van der Waals surface area contributed by atoms with Gasteiger partial charge in [0.2, 0.25) is 0 Å². The lowest BCUT2D eigenvalue weighted by molar-refractivity contribution is 0.597. The number of halogens is 1. The molecule has 0 aliphatic carbocycles. The van der Waals surface area contributed by atoms with Crippen LogP contribution >= 0.6 is 15.9 Å². The van der Waals surface area contributed by atoms with Gasteiger partial charge in [0.15, 0.2) is 0 Å². The number of anilines is 1. The molecular weight excluding hydrogens is 292 g/mol. The fourth-order valence-electron chi connectivity index (χ4n) is 1.59. The number of hydrogen-bond donors (Lipinski definition) is 0. The Labute approximate surface area is 103 Å². The summed E-state index contributed by atoms with van der Waals surface area (Å²) in [7, 11) is -3.50. The van der Waals surface area contributed by atoms with Crippen molar-refractivity contribution in [2.45, 2.75) is 18.2 Å². The Balaban J connectivity index is 2.59. The van der Waals surface area contributed by atoms with E-state index in [-0.39, 0.29) is 4.90 Å². The van der Waals surface area contributed by atoms with Crippen LogP contribution in [-0.2, 0) is 10.0 Å². The molecule has 1 aliphatic rings. The molecule has 2 rings (SSSR count). The molecule has 0 spiro atoms. The van der Waals surface area contributed by atoms with Gasteiger partial charge >= 0.3 is 0 Å². The van der Waals surface area contributed by atoms with Crippen LogP contribution in [0.3, 0.4) is 0 Å². The third-order valence-electron chi connectivity index (χ3n) is 2.30. The highest BCUT2D eigenvalue weighted by Gasteiger charge is 2.24. The lowest BCUT2D eigenvalue weighted by Crippen LogP contribution is -2.27. The molecule has 4 nitrogen and oxygen atoms in total. The van der Waals surface area contributed by atoms with Crippen LogP contribution in [0.15, 0.2) is 32.0 Å². The van der Waals surface area contributed by atoms with Gasteiger partial charge in [-0.25, -0.2) is 0 Å². The summed E-state index contributed by atoms with van der Waals surface area (Å²) >= 11 is 3.34. The monoisotopic (exact) mass is 302 g/mol. The Morgan fingerprint density at radius 2 is 2.19 bits per heavy atom. The first kappa shape index (κ1) is 11.6. The van der Waals surface area contributed by atoms with Gasteiger partial charge in [-0.1, -0.05) is 22.9 Å². The van der Waals surface area contributed by atoms with Gasteiger partial charge in [0.05, 0.1) is 5.69 Å². The van der Waals surface area contributed by atoms with Crippen molar-refractivity contribution in [3.8, 4) is 0 Å². The smallest absolute Gasteiger partial charge is 0.285 e. The minimum Gasteiger partial charge on any atom is -0.331 e. The second-order valence-electron chi connectivity index (χ2n) is 3.50. The fourth-order valence-corrected chi connectivity index (χ4v) is 2.97. The SMILES string of the molecule is CCCN1C=NS(=O)(=O)c2ccc(Br)cc21. The number of sulfonamides is 1. The average molecular weight is 303 g/mol. The van der Waals surface area contributed by atoms with E-state index in [2.05, 4.69) is 20.3 Å². The van der Waals surface area contributed by atoms with Gasteiger partial charge in [-0.3, -0.25) is 0 Å². The van der Waals surface area contributed by atoms with E-state index in [9.17, 15) is 8.42 Å². The van der Waals surface area contributed by atoms with Crippen LogP contribution in [0, 0.1) is 0 Å². The Hall–Kier alpha value is -0.880. The Kier molecular flexibility index (Phi) is 3.03. The molecule has 0 bridgehead atoms. The highest BCUT2D eigenvalue weighted by molar-refractivity contribution is 9.10. The maximum Gasteiger partial charge on any atom is 0.285 e. The van der Waals surface area contributed by atoms with E-state index in [0.717, 1.165) is 17.4 Å². The van der Waals surface area contributed by atoms with Crippen LogP contribution in [0.4, 0.5) is 5.69 Å². The molecule has 1 heterocycles. The zero-order valence-corrected chi connectivity index (χ0v) is 11.1. The molecule has 0 N–H and O–H groups in total. The first-order valence-electron chi connectivity index (χ1n) is 4.91. The molecule has 1 aromatic carbocycles. The van der Waals surface area contributed by atoms with E-state index in [1.54, 1.807) is 18.2 Å². The molecule has 1 aliphatic heterocycles. The van der Waals surface area contributed by atoms with E-state index in [1.807, 2.05) is 11.8 Å². The summed E-state index contributed by atoms with van der Waals surface area (Å²) in [6, 6.07) is 5.09. The number of hydrogen-bond acceptors (Lipinski definition) is 3. The first-order chi connectivity index (χ1) is 7.54. The van der Waals surface area contributed by atoms with Crippen molar-refractivity contribution in [1.82, 2.24) is 0 Å². The third-order valence-corrected chi connectivity index (χ3v) is 4.06. The molecule has 0 aromatic heterocycles. The number of fused-ring (bicyclic) bond motifs is 1. The molecule has 16 heavy (non-hydrogen) atoms. The van der Waals surface area contributed by atoms with Crippen LogP contribution < -0.4 is 4.90 Å². The number of nitrogens with zero attached hydrogens (tertiary/aromatic N) is 2. The molecule has 6 heteroatoms. The molecule has 0 saturated heterocycles. The second-order valence-corrected chi connectivity index (χ2v) is 6.02. The quantitative estimate of drug-likeness (QED) is 0.843. The van der Waals surface area contributed by atoms with Crippen molar-refractivity contribution < 1.29 is 8.42 Å². The van der Waals surface area contributed by atoms with Crippen molar-refractivity contribution >= 4 is 38.0 Å². The zero-order chi connectivity index (χ0) is 11.8. The molecule has 0 atom stereocenters. The molecule has 86 valence electrons. The van der Waals surface area contributed by atoms with Gasteiger partial charge in [-0.15, -0.1) is 4.40 Å². The highest BCUT2D eigenvalue weighted by Crippen LogP contribution is 2.32. The Morgan fingerprint density at radius 1 is 1.44 bits per heavy atom. The zero-order valence-electron chi connectivity index (χ0n) is 8.72. The number of rotatable bonds is 2. The Morgan fingerprint density at radius 3 is 2.88 bits per heavy atom. The summed E-state index contributed by atoms with van der Waals surface area (Å²) in [4.78, 5) is 2.12. The summed E-state index contributed by atoms with van der Waals surface area (Å²) in [6.45, 7) is 2.79. The van der Waals surface area contributed by atoms with Crippen LogP contribution in [-0.4, -0.2) is 21.3 Å². The lowest BCUT2D eigenvalue weighted by Gasteiger charge is -2.24. The van der Waals surface area contributed by atoms with Gasteiger partial charge < -0.3 is 4.90 Å². The fraction of sp³-hybridized carbons (Fsp3) is 0.300. The molecule has 0 unspecified atom stereocenters. The van der Waals surface area contributed by atoms with Gasteiger partial charge in [-0.2, -0.15) is 8.42 Å². The summed E-state index contributed by atoms with van der Waals surface area (Å²) in [5, 5.41) is 0. The van der Waals surface area contributed by atoms with Gasteiger partial charge in [0, 0.05) is 11.0 Å². The minimum absolute atomic E-state index is 0.270. The molecule has 0 saturated carbocycles. The lowest BCUT2D eigenvalue weighted by atomic mass is 10.3.